The topological polar surface area (TPSA) is 151 Å². The summed E-state index contributed by atoms with van der Waals surface area (Å²) >= 11 is 0. The zero-order valence-corrected chi connectivity index (χ0v) is 14.9. The molecule has 146 valence electrons. The molecule has 0 amide bonds. The number of hydrazone groups is 1. The highest BCUT2D eigenvalue weighted by Crippen LogP contribution is 2.32. The van der Waals surface area contributed by atoms with Gasteiger partial charge >= 0.3 is 0 Å². The molecular formula is C17H19N7O4. The summed E-state index contributed by atoms with van der Waals surface area (Å²) in [6.07, 6.45) is 0.180. The molecule has 4 rings (SSSR count). The van der Waals surface area contributed by atoms with E-state index in [0.717, 1.165) is 5.69 Å². The van der Waals surface area contributed by atoms with E-state index in [1.807, 2.05) is 25.1 Å². The van der Waals surface area contributed by atoms with Gasteiger partial charge in [-0.1, -0.05) is 6.07 Å². The van der Waals surface area contributed by atoms with Crippen LogP contribution < -0.4 is 5.43 Å². The number of rotatable bonds is 5. The zero-order valence-electron chi connectivity index (χ0n) is 14.9. The van der Waals surface area contributed by atoms with Crippen LogP contribution in [0.15, 0.2) is 42.2 Å². The number of aromatic nitrogens is 5. The summed E-state index contributed by atoms with van der Waals surface area (Å²) in [6.45, 7) is 1.40. The summed E-state index contributed by atoms with van der Waals surface area (Å²) in [5, 5.41) is 33.8. The maximum absolute atomic E-state index is 10.2. The molecule has 11 heteroatoms. The lowest BCUT2D eigenvalue weighted by atomic mass is 10.1. The number of aliphatic hydroxyl groups is 3. The smallest absolute Gasteiger partial charge is 0.177 e. The van der Waals surface area contributed by atoms with Gasteiger partial charge in [-0.3, -0.25) is 15.0 Å². The van der Waals surface area contributed by atoms with Gasteiger partial charge in [0.15, 0.2) is 23.2 Å². The number of aliphatic hydroxyl groups excluding tert-OH is 3. The minimum absolute atomic E-state index is 0.366. The number of fused-ring (bicyclic) bond motifs is 1. The Morgan fingerprint density at radius 2 is 2.07 bits per heavy atom. The molecule has 1 aliphatic heterocycles. The number of hydrogen-bond donors (Lipinski definition) is 4. The van der Waals surface area contributed by atoms with Gasteiger partial charge < -0.3 is 20.1 Å². The first-order valence-electron chi connectivity index (χ1n) is 8.62. The van der Waals surface area contributed by atoms with Crippen molar-refractivity contribution in [2.75, 3.05) is 12.0 Å². The number of hydrogen-bond acceptors (Lipinski definition) is 10. The largest absolute Gasteiger partial charge is 0.394 e. The van der Waals surface area contributed by atoms with E-state index in [-0.39, 0.29) is 0 Å². The van der Waals surface area contributed by atoms with Gasteiger partial charge in [-0.05, 0) is 19.1 Å². The SMILES string of the molecule is C/C(=N/Nc1ncnc2c1ncn2[C@@H]1O[C@H](CO)C(O)C1O)c1ccccn1. The fraction of sp³-hybridized carbons (Fsp3) is 0.353. The Labute approximate surface area is 159 Å². The second kappa shape index (κ2) is 7.56. The van der Waals surface area contributed by atoms with E-state index in [9.17, 15) is 15.3 Å². The molecule has 0 bridgehead atoms. The highest BCUT2D eigenvalue weighted by atomic mass is 16.6. The summed E-state index contributed by atoms with van der Waals surface area (Å²) in [6, 6.07) is 5.53. The fourth-order valence-electron chi connectivity index (χ4n) is 3.00. The van der Waals surface area contributed by atoms with Crippen LogP contribution in [-0.2, 0) is 4.74 Å². The molecule has 1 saturated heterocycles. The lowest BCUT2D eigenvalue weighted by molar-refractivity contribution is -0.0511. The first-order chi connectivity index (χ1) is 13.6. The number of ether oxygens (including phenoxy) is 1. The van der Waals surface area contributed by atoms with Crippen LogP contribution in [0, 0.1) is 0 Å². The lowest BCUT2D eigenvalue weighted by Gasteiger charge is -2.16. The second-order valence-electron chi connectivity index (χ2n) is 6.30. The Bertz CT molecular complexity index is 994. The van der Waals surface area contributed by atoms with Gasteiger partial charge in [-0.15, -0.1) is 0 Å². The number of imidazole rings is 1. The number of pyridine rings is 1. The number of nitrogens with one attached hydrogen (secondary N) is 1. The maximum atomic E-state index is 10.2. The summed E-state index contributed by atoms with van der Waals surface area (Å²) in [4.78, 5) is 16.9. The highest BCUT2D eigenvalue weighted by molar-refractivity contribution is 5.97. The third kappa shape index (κ3) is 3.20. The molecule has 0 aromatic carbocycles. The Balaban J connectivity index is 1.63. The van der Waals surface area contributed by atoms with Crippen molar-refractivity contribution in [2.45, 2.75) is 31.5 Å². The minimum atomic E-state index is -1.23. The predicted molar refractivity (Wildman–Crippen MR) is 98.4 cm³/mol. The van der Waals surface area contributed by atoms with Crippen molar-refractivity contribution in [1.29, 1.82) is 0 Å². The quantitative estimate of drug-likeness (QED) is 0.342. The third-order valence-corrected chi connectivity index (χ3v) is 4.52. The molecule has 11 nitrogen and oxygen atoms in total. The number of nitrogens with zero attached hydrogens (tertiary/aromatic N) is 6. The van der Waals surface area contributed by atoms with E-state index in [0.29, 0.717) is 22.7 Å². The van der Waals surface area contributed by atoms with Gasteiger partial charge in [-0.2, -0.15) is 5.10 Å². The minimum Gasteiger partial charge on any atom is -0.394 e. The van der Waals surface area contributed by atoms with E-state index in [4.69, 9.17) is 4.74 Å². The monoisotopic (exact) mass is 385 g/mol. The van der Waals surface area contributed by atoms with Crippen LogP contribution in [0.2, 0.25) is 0 Å². The Morgan fingerprint density at radius 1 is 1.21 bits per heavy atom. The van der Waals surface area contributed by atoms with Gasteiger partial charge in [0, 0.05) is 6.20 Å². The maximum Gasteiger partial charge on any atom is 0.177 e. The van der Waals surface area contributed by atoms with Crippen molar-refractivity contribution in [1.82, 2.24) is 24.5 Å². The van der Waals surface area contributed by atoms with Crippen molar-refractivity contribution < 1.29 is 20.1 Å². The molecule has 1 aliphatic rings. The van der Waals surface area contributed by atoms with Crippen LogP contribution in [0.25, 0.3) is 11.2 Å². The van der Waals surface area contributed by atoms with Gasteiger partial charge in [-0.25, -0.2) is 15.0 Å². The second-order valence-corrected chi connectivity index (χ2v) is 6.30. The Morgan fingerprint density at radius 3 is 2.79 bits per heavy atom. The zero-order chi connectivity index (χ0) is 19.7. The van der Waals surface area contributed by atoms with Crippen molar-refractivity contribution in [2.24, 2.45) is 5.10 Å². The molecule has 0 radical (unpaired) electrons. The normalized spacial score (nSPS) is 25.4. The Kier molecular flexibility index (Phi) is 4.96. The number of anilines is 1. The molecule has 2 unspecified atom stereocenters. The van der Waals surface area contributed by atoms with Gasteiger partial charge in [0.25, 0.3) is 0 Å². The average Bonchev–Trinajstić information content (AvgIpc) is 3.28. The van der Waals surface area contributed by atoms with E-state index in [1.165, 1.54) is 17.2 Å². The molecule has 0 spiro atoms. The summed E-state index contributed by atoms with van der Waals surface area (Å²) in [7, 11) is 0. The molecule has 3 aromatic rings. The van der Waals surface area contributed by atoms with E-state index < -0.39 is 31.1 Å². The van der Waals surface area contributed by atoms with E-state index >= 15 is 0 Å². The molecule has 0 aliphatic carbocycles. The van der Waals surface area contributed by atoms with Crippen LogP contribution in [-0.4, -0.2) is 70.5 Å². The molecule has 4 N–H and O–H groups in total. The third-order valence-electron chi connectivity index (χ3n) is 4.52. The predicted octanol–water partition coefficient (Wildman–Crippen LogP) is -0.331. The van der Waals surface area contributed by atoms with Crippen molar-refractivity contribution >= 4 is 22.7 Å². The van der Waals surface area contributed by atoms with Crippen LogP contribution in [0.3, 0.4) is 0 Å². The van der Waals surface area contributed by atoms with Crippen LogP contribution >= 0.6 is 0 Å². The van der Waals surface area contributed by atoms with Crippen LogP contribution in [0.5, 0.6) is 0 Å². The summed E-state index contributed by atoms with van der Waals surface area (Å²) in [5.41, 5.74) is 5.04. The van der Waals surface area contributed by atoms with E-state index in [1.54, 1.807) is 6.20 Å². The summed E-state index contributed by atoms with van der Waals surface area (Å²) in [5.74, 6) is 0.366. The molecular weight excluding hydrogens is 366 g/mol. The van der Waals surface area contributed by atoms with Crippen LogP contribution in [0.4, 0.5) is 5.82 Å². The van der Waals surface area contributed by atoms with Crippen molar-refractivity contribution in [3.63, 3.8) is 0 Å². The van der Waals surface area contributed by atoms with Gasteiger partial charge in [0.1, 0.15) is 24.6 Å². The molecule has 4 atom stereocenters. The molecule has 1 fully saturated rings. The van der Waals surface area contributed by atoms with Crippen LogP contribution in [0.1, 0.15) is 18.8 Å². The van der Waals surface area contributed by atoms with E-state index in [2.05, 4.69) is 30.5 Å². The molecule has 28 heavy (non-hydrogen) atoms. The molecule has 3 aromatic heterocycles. The first-order valence-corrected chi connectivity index (χ1v) is 8.62. The lowest BCUT2D eigenvalue weighted by Crippen LogP contribution is -2.33. The van der Waals surface area contributed by atoms with Gasteiger partial charge in [0.05, 0.1) is 24.3 Å². The standard InChI is InChI=1S/C17H19N7O4/c1-9(10-4-2-3-5-18-10)22-23-15-12-16(20-7-19-15)24(8-21-12)17-14(27)13(26)11(6-25)28-17/h2-5,7-8,11,13-14,17,25-27H,6H2,1H3,(H,19,20,23)/b22-9-/t11-,13?,14?,17-/m1/s1. The van der Waals surface area contributed by atoms with Crippen molar-refractivity contribution in [3.8, 4) is 0 Å². The Hall–Kier alpha value is -2.99. The highest BCUT2D eigenvalue weighted by Gasteiger charge is 2.44. The van der Waals surface area contributed by atoms with Gasteiger partial charge in [0.2, 0.25) is 0 Å². The molecule has 0 saturated carbocycles. The summed E-state index contributed by atoms with van der Waals surface area (Å²) < 4.78 is 7.03. The first kappa shape index (κ1) is 18.4. The fourth-order valence-corrected chi connectivity index (χ4v) is 3.00. The van der Waals surface area contributed by atoms with Crippen molar-refractivity contribution in [3.05, 3.63) is 42.7 Å². The molecule has 4 heterocycles. The average molecular weight is 385 g/mol.